The molecule has 0 spiro atoms. The van der Waals surface area contributed by atoms with Gasteiger partial charge in [-0.05, 0) is 25.1 Å². The predicted molar refractivity (Wildman–Crippen MR) is 63.2 cm³/mol. The smallest absolute Gasteiger partial charge is 0.159 e. The molecule has 88 valence electrons. The van der Waals surface area contributed by atoms with Crippen LogP contribution in [0, 0.1) is 0 Å². The number of rotatable bonds is 6. The molecule has 1 aromatic rings. The van der Waals surface area contributed by atoms with E-state index in [-0.39, 0.29) is 12.4 Å². The molecule has 16 heavy (non-hydrogen) atoms. The van der Waals surface area contributed by atoms with E-state index < -0.39 is 0 Å². The Balaban J connectivity index is 2.80. The molecule has 0 unspecified atom stereocenters. The Morgan fingerprint density at radius 1 is 1.50 bits per heavy atom. The highest BCUT2D eigenvalue weighted by Crippen LogP contribution is 2.22. The third-order valence-corrected chi connectivity index (χ3v) is 2.46. The largest absolute Gasteiger partial charge is 0.493 e. The van der Waals surface area contributed by atoms with Gasteiger partial charge in [-0.1, -0.05) is 0 Å². The maximum absolute atomic E-state index is 11.2. The summed E-state index contributed by atoms with van der Waals surface area (Å²) < 4.78 is 5.45. The van der Waals surface area contributed by atoms with Gasteiger partial charge in [-0.25, -0.2) is 0 Å². The molecule has 0 bridgehead atoms. The van der Waals surface area contributed by atoms with Crippen molar-refractivity contribution in [2.45, 2.75) is 19.2 Å². The maximum Gasteiger partial charge on any atom is 0.159 e. The van der Waals surface area contributed by atoms with Crippen molar-refractivity contribution in [1.82, 2.24) is 0 Å². The summed E-state index contributed by atoms with van der Waals surface area (Å²) in [5.74, 6) is 0.983. The average Bonchev–Trinajstić information content (AvgIpc) is 2.29. The van der Waals surface area contributed by atoms with Gasteiger partial charge in [-0.15, -0.1) is 11.6 Å². The van der Waals surface area contributed by atoms with Crippen LogP contribution in [0.3, 0.4) is 0 Å². The van der Waals surface area contributed by atoms with Crippen molar-refractivity contribution in [1.29, 1.82) is 0 Å². The molecule has 0 aliphatic carbocycles. The number of aliphatic hydroxyl groups is 1. The zero-order valence-electron chi connectivity index (χ0n) is 9.20. The third kappa shape index (κ3) is 3.51. The van der Waals surface area contributed by atoms with E-state index in [4.69, 9.17) is 21.4 Å². The van der Waals surface area contributed by atoms with Crippen molar-refractivity contribution in [3.05, 3.63) is 29.3 Å². The molecule has 0 aliphatic heterocycles. The Hall–Kier alpha value is -1.06. The second-order valence-corrected chi connectivity index (χ2v) is 3.71. The van der Waals surface area contributed by atoms with Crippen molar-refractivity contribution < 1.29 is 14.6 Å². The van der Waals surface area contributed by atoms with Gasteiger partial charge in [0.1, 0.15) is 5.75 Å². The number of aliphatic hydroxyl groups excluding tert-OH is 1. The fourth-order valence-electron chi connectivity index (χ4n) is 1.29. The van der Waals surface area contributed by atoms with Crippen LogP contribution < -0.4 is 4.74 Å². The van der Waals surface area contributed by atoms with E-state index in [0.717, 1.165) is 5.56 Å². The summed E-state index contributed by atoms with van der Waals surface area (Å²) in [6, 6.07) is 5.20. The summed E-state index contributed by atoms with van der Waals surface area (Å²) in [7, 11) is 0. The normalized spacial score (nSPS) is 10.2. The molecule has 3 nitrogen and oxygen atoms in total. The number of benzene rings is 1. The molecule has 0 aliphatic rings. The lowest BCUT2D eigenvalue weighted by Crippen LogP contribution is -2.03. The number of halogens is 1. The van der Waals surface area contributed by atoms with E-state index in [0.29, 0.717) is 30.2 Å². The van der Waals surface area contributed by atoms with Crippen molar-refractivity contribution in [2.24, 2.45) is 0 Å². The van der Waals surface area contributed by atoms with Crippen molar-refractivity contribution in [3.8, 4) is 5.75 Å². The van der Waals surface area contributed by atoms with Gasteiger partial charge in [-0.3, -0.25) is 4.79 Å². The van der Waals surface area contributed by atoms with E-state index in [1.165, 1.54) is 6.92 Å². The van der Waals surface area contributed by atoms with Gasteiger partial charge in [0.2, 0.25) is 0 Å². The molecule has 0 saturated carbocycles. The Kier molecular flexibility index (Phi) is 5.29. The molecule has 4 heteroatoms. The second-order valence-electron chi connectivity index (χ2n) is 3.44. The highest BCUT2D eigenvalue weighted by molar-refractivity contribution is 6.17. The number of carbonyl (C=O) groups is 1. The van der Waals surface area contributed by atoms with E-state index in [1.54, 1.807) is 18.2 Å². The highest BCUT2D eigenvalue weighted by Gasteiger charge is 2.06. The highest BCUT2D eigenvalue weighted by atomic mass is 35.5. The van der Waals surface area contributed by atoms with Gasteiger partial charge >= 0.3 is 0 Å². The number of hydrogen-bond donors (Lipinski definition) is 1. The van der Waals surface area contributed by atoms with Gasteiger partial charge in [-0.2, -0.15) is 0 Å². The molecule has 1 N–H and O–H groups in total. The van der Waals surface area contributed by atoms with Crippen LogP contribution in [0.5, 0.6) is 5.75 Å². The van der Waals surface area contributed by atoms with Gasteiger partial charge in [0.05, 0.1) is 12.5 Å². The average molecular weight is 243 g/mol. The third-order valence-electron chi connectivity index (χ3n) is 2.17. The molecule has 0 aromatic heterocycles. The summed E-state index contributed by atoms with van der Waals surface area (Å²) in [6.45, 7) is 2.06. The van der Waals surface area contributed by atoms with Crippen molar-refractivity contribution in [2.75, 3.05) is 13.2 Å². The van der Waals surface area contributed by atoms with E-state index in [1.807, 2.05) is 0 Å². The number of carbonyl (C=O) groups excluding carboxylic acids is 1. The fraction of sp³-hybridized carbons (Fsp3) is 0.417. The lowest BCUT2D eigenvalue weighted by atomic mass is 10.1. The summed E-state index contributed by atoms with van der Waals surface area (Å²) in [5.41, 5.74) is 1.43. The quantitative estimate of drug-likeness (QED) is 0.473. The lowest BCUT2D eigenvalue weighted by Gasteiger charge is -2.10. The van der Waals surface area contributed by atoms with Crippen LogP contribution in [0.25, 0.3) is 0 Å². The second kappa shape index (κ2) is 6.51. The Morgan fingerprint density at radius 2 is 2.25 bits per heavy atom. The molecule has 0 amide bonds. The Morgan fingerprint density at radius 3 is 2.81 bits per heavy atom. The van der Waals surface area contributed by atoms with Crippen molar-refractivity contribution >= 4 is 17.4 Å². The molecule has 0 heterocycles. The maximum atomic E-state index is 11.2. The topological polar surface area (TPSA) is 46.5 Å². The first-order chi connectivity index (χ1) is 7.69. The summed E-state index contributed by atoms with van der Waals surface area (Å²) >= 11 is 5.78. The first-order valence-corrected chi connectivity index (χ1v) is 5.66. The van der Waals surface area contributed by atoms with Gasteiger partial charge in [0, 0.05) is 24.2 Å². The number of hydrogen-bond acceptors (Lipinski definition) is 3. The summed E-state index contributed by atoms with van der Waals surface area (Å²) in [6.07, 6.45) is 0.580. The van der Waals surface area contributed by atoms with Crippen LogP contribution in [-0.2, 0) is 5.88 Å². The van der Waals surface area contributed by atoms with Crippen LogP contribution in [0.15, 0.2) is 18.2 Å². The van der Waals surface area contributed by atoms with Gasteiger partial charge < -0.3 is 9.84 Å². The number of alkyl halides is 1. The van der Waals surface area contributed by atoms with E-state index in [9.17, 15) is 4.79 Å². The molecule has 1 aromatic carbocycles. The summed E-state index contributed by atoms with van der Waals surface area (Å²) in [5, 5.41) is 8.64. The summed E-state index contributed by atoms with van der Waals surface area (Å²) in [4.78, 5) is 11.2. The molecule has 1 rings (SSSR count). The SMILES string of the molecule is CC(=O)c1ccc(OCCCO)c(CCl)c1. The van der Waals surface area contributed by atoms with Crippen molar-refractivity contribution in [3.63, 3.8) is 0 Å². The van der Waals surface area contributed by atoms with Gasteiger partial charge in [0.25, 0.3) is 0 Å². The van der Waals surface area contributed by atoms with Crippen LogP contribution in [0.2, 0.25) is 0 Å². The predicted octanol–water partition coefficient (Wildman–Crippen LogP) is 2.39. The zero-order chi connectivity index (χ0) is 12.0. The minimum Gasteiger partial charge on any atom is -0.493 e. The number of ether oxygens (including phenoxy) is 1. The molecule has 0 fully saturated rings. The Bertz CT molecular complexity index is 363. The monoisotopic (exact) mass is 242 g/mol. The zero-order valence-corrected chi connectivity index (χ0v) is 9.96. The molecule has 0 radical (unpaired) electrons. The number of Topliss-reactive ketones (excluding diaryl/α,β-unsaturated/α-hetero) is 1. The van der Waals surface area contributed by atoms with Crippen LogP contribution in [0.4, 0.5) is 0 Å². The minimum atomic E-state index is 0.00766. The lowest BCUT2D eigenvalue weighted by molar-refractivity contribution is 0.101. The molecule has 0 saturated heterocycles. The molecular weight excluding hydrogens is 228 g/mol. The molecular formula is C12H15ClO3. The molecule has 0 atom stereocenters. The standard InChI is InChI=1S/C12H15ClO3/c1-9(15)10-3-4-12(11(7-10)8-13)16-6-2-5-14/h3-4,7,14H,2,5-6,8H2,1H3. The minimum absolute atomic E-state index is 0.00766. The van der Waals surface area contributed by atoms with Gasteiger partial charge in [0.15, 0.2) is 5.78 Å². The number of ketones is 1. The van der Waals surface area contributed by atoms with Crippen LogP contribution in [-0.4, -0.2) is 24.1 Å². The Labute approximate surface area is 100.0 Å². The fourth-order valence-corrected chi connectivity index (χ4v) is 1.50. The van der Waals surface area contributed by atoms with Crippen LogP contribution in [0.1, 0.15) is 29.3 Å². The van der Waals surface area contributed by atoms with Crippen LogP contribution >= 0.6 is 11.6 Å². The van der Waals surface area contributed by atoms with E-state index in [2.05, 4.69) is 0 Å². The van der Waals surface area contributed by atoms with E-state index >= 15 is 0 Å². The first kappa shape index (κ1) is 13.0. The first-order valence-electron chi connectivity index (χ1n) is 5.12.